The maximum absolute atomic E-state index is 11.2. The summed E-state index contributed by atoms with van der Waals surface area (Å²) in [7, 11) is -8.87. The minimum Gasteiger partial charge on any atom is -0.273 e. The van der Waals surface area contributed by atoms with Crippen molar-refractivity contribution < 1.29 is 21.4 Å². The third-order valence-electron chi connectivity index (χ3n) is 1.17. The first-order valence-electron chi connectivity index (χ1n) is 3.45. The number of rotatable bonds is 6. The molecule has 9 heteroatoms. The van der Waals surface area contributed by atoms with Gasteiger partial charge in [-0.1, -0.05) is 15.9 Å². The average Bonchev–Trinajstić information content (AvgIpc) is 1.97. The molecule has 0 aliphatic heterocycles. The maximum Gasteiger partial charge on any atom is 0.349 e. The fourth-order valence-electron chi connectivity index (χ4n) is 0.689. The van der Waals surface area contributed by atoms with Gasteiger partial charge in [-0.3, -0.25) is 4.55 Å². The lowest BCUT2D eigenvalue weighted by Gasteiger charge is -2.15. The van der Waals surface area contributed by atoms with Crippen LogP contribution in [0.3, 0.4) is 0 Å². The van der Waals surface area contributed by atoms with E-state index in [4.69, 9.17) is 4.55 Å². The van der Waals surface area contributed by atoms with Crippen molar-refractivity contribution in [2.24, 2.45) is 0 Å². The third kappa shape index (κ3) is 5.28. The van der Waals surface area contributed by atoms with E-state index in [1.54, 1.807) is 0 Å². The smallest absolute Gasteiger partial charge is 0.273 e. The van der Waals surface area contributed by atoms with Crippen LogP contribution >= 0.6 is 12.4 Å². The third-order valence-corrected chi connectivity index (χ3v) is 4.51. The van der Waals surface area contributed by atoms with Gasteiger partial charge in [-0.25, -0.2) is 8.42 Å². The fraction of sp³-hybridized carbons (Fsp3) is 0.333. The SMILES string of the molecule is C=CCN(S(=O)(=O)O)S(=O)(=O)CC=C.Cl. The van der Waals surface area contributed by atoms with Crippen molar-refractivity contribution in [1.29, 1.82) is 0 Å². The van der Waals surface area contributed by atoms with E-state index in [1.165, 1.54) is 0 Å². The van der Waals surface area contributed by atoms with Crippen molar-refractivity contribution in [1.82, 2.24) is 3.71 Å². The second-order valence-electron chi connectivity index (χ2n) is 2.29. The van der Waals surface area contributed by atoms with Gasteiger partial charge in [-0.15, -0.1) is 25.6 Å². The van der Waals surface area contributed by atoms with Crippen LogP contribution in [0.2, 0.25) is 0 Å². The van der Waals surface area contributed by atoms with E-state index in [9.17, 15) is 16.8 Å². The zero-order valence-corrected chi connectivity index (χ0v) is 10.2. The molecule has 0 heterocycles. The van der Waals surface area contributed by atoms with Crippen LogP contribution in [0.1, 0.15) is 0 Å². The monoisotopic (exact) mass is 277 g/mol. The zero-order chi connectivity index (χ0) is 11.4. The standard InChI is InChI=1S/C6H11NO5S2.ClH/c1-3-5-7(14(10,11)12)13(8,9)6-4-2;/h3-4H,1-2,5-6H2,(H,10,11,12);1H. The molecule has 0 saturated carbocycles. The Morgan fingerprint density at radius 3 is 1.87 bits per heavy atom. The molecule has 0 radical (unpaired) electrons. The van der Waals surface area contributed by atoms with Crippen molar-refractivity contribution in [2.75, 3.05) is 12.3 Å². The quantitative estimate of drug-likeness (QED) is 0.554. The van der Waals surface area contributed by atoms with E-state index in [2.05, 4.69) is 13.2 Å². The Balaban J connectivity index is 0. The van der Waals surface area contributed by atoms with Gasteiger partial charge in [0.05, 0.1) is 5.75 Å². The van der Waals surface area contributed by atoms with Crippen molar-refractivity contribution in [2.45, 2.75) is 0 Å². The Kier molecular flexibility index (Phi) is 7.06. The minimum absolute atomic E-state index is 0. The lowest BCUT2D eigenvalue weighted by molar-refractivity contribution is 0.429. The van der Waals surface area contributed by atoms with Crippen molar-refractivity contribution in [3.05, 3.63) is 25.3 Å². The zero-order valence-electron chi connectivity index (χ0n) is 7.74. The van der Waals surface area contributed by atoms with Crippen LogP contribution in [0.25, 0.3) is 0 Å². The number of hydrogen-bond donors (Lipinski definition) is 1. The van der Waals surface area contributed by atoms with Gasteiger partial charge < -0.3 is 0 Å². The molecule has 0 bridgehead atoms. The molecule has 0 aromatic carbocycles. The number of hydrogen-bond acceptors (Lipinski definition) is 4. The van der Waals surface area contributed by atoms with Crippen LogP contribution in [0, 0.1) is 0 Å². The molecule has 0 aromatic heterocycles. The molecule has 15 heavy (non-hydrogen) atoms. The predicted molar refractivity (Wildman–Crippen MR) is 59.7 cm³/mol. The summed E-state index contributed by atoms with van der Waals surface area (Å²) in [5.74, 6) is -0.569. The van der Waals surface area contributed by atoms with Gasteiger partial charge in [0.25, 0.3) is 0 Å². The first-order valence-corrected chi connectivity index (χ1v) is 6.46. The Bertz CT molecular complexity index is 413. The molecule has 0 saturated heterocycles. The highest BCUT2D eigenvalue weighted by Crippen LogP contribution is 2.07. The molecule has 0 aromatic rings. The van der Waals surface area contributed by atoms with Gasteiger partial charge in [0.2, 0.25) is 10.0 Å². The second-order valence-corrected chi connectivity index (χ2v) is 5.79. The first kappa shape index (κ1) is 17.0. The molecule has 1 N–H and O–H groups in total. The van der Waals surface area contributed by atoms with E-state index in [-0.39, 0.29) is 16.1 Å². The summed E-state index contributed by atoms with van der Waals surface area (Å²) in [6.45, 7) is 5.84. The summed E-state index contributed by atoms with van der Waals surface area (Å²) in [4.78, 5) is 0. The molecule has 0 fully saturated rings. The summed E-state index contributed by atoms with van der Waals surface area (Å²) in [6, 6.07) is 0. The molecular formula is C6H12ClNO5S2. The van der Waals surface area contributed by atoms with Crippen LogP contribution in [0.15, 0.2) is 25.3 Å². The molecule has 0 aliphatic rings. The minimum atomic E-state index is -4.78. The van der Waals surface area contributed by atoms with Gasteiger partial charge in [0, 0.05) is 6.54 Å². The molecule has 0 spiro atoms. The predicted octanol–water partition coefficient (Wildman–Crippen LogP) is 0.215. The summed E-state index contributed by atoms with van der Waals surface area (Å²) in [5, 5.41) is 0. The maximum atomic E-state index is 11.2. The van der Waals surface area contributed by atoms with Gasteiger partial charge in [0.1, 0.15) is 0 Å². The van der Waals surface area contributed by atoms with E-state index < -0.39 is 32.6 Å². The molecule has 6 nitrogen and oxygen atoms in total. The van der Waals surface area contributed by atoms with E-state index in [1.807, 2.05) is 0 Å². The lowest BCUT2D eigenvalue weighted by Crippen LogP contribution is -2.37. The normalized spacial score (nSPS) is 11.9. The second kappa shape index (κ2) is 6.23. The van der Waals surface area contributed by atoms with E-state index >= 15 is 0 Å². The molecule has 90 valence electrons. The summed E-state index contributed by atoms with van der Waals surface area (Å²) in [5.41, 5.74) is 0. The average molecular weight is 278 g/mol. The van der Waals surface area contributed by atoms with Crippen molar-refractivity contribution >= 4 is 32.7 Å². The largest absolute Gasteiger partial charge is 0.349 e. The molecule has 0 aliphatic carbocycles. The lowest BCUT2D eigenvalue weighted by atomic mass is 10.7. The molecule has 0 unspecified atom stereocenters. The van der Waals surface area contributed by atoms with E-state index in [0.29, 0.717) is 0 Å². The van der Waals surface area contributed by atoms with Crippen LogP contribution < -0.4 is 0 Å². The van der Waals surface area contributed by atoms with Crippen LogP contribution in [0.5, 0.6) is 0 Å². The van der Waals surface area contributed by atoms with Gasteiger partial charge in [0.15, 0.2) is 0 Å². The van der Waals surface area contributed by atoms with Crippen molar-refractivity contribution in [3.63, 3.8) is 0 Å². The fourth-order valence-corrected chi connectivity index (χ4v) is 3.11. The molecule has 0 atom stereocenters. The van der Waals surface area contributed by atoms with E-state index in [0.717, 1.165) is 12.2 Å². The Morgan fingerprint density at radius 1 is 1.13 bits per heavy atom. The van der Waals surface area contributed by atoms with Crippen molar-refractivity contribution in [3.8, 4) is 0 Å². The summed E-state index contributed by atoms with van der Waals surface area (Å²) < 4.78 is 52.4. The number of sulfonamides is 1. The number of halogens is 1. The highest BCUT2D eigenvalue weighted by Gasteiger charge is 2.30. The van der Waals surface area contributed by atoms with Crippen LogP contribution in [-0.4, -0.2) is 37.4 Å². The topological polar surface area (TPSA) is 91.8 Å². The highest BCUT2D eigenvalue weighted by atomic mass is 35.5. The summed E-state index contributed by atoms with van der Waals surface area (Å²) >= 11 is 0. The number of nitrogens with zero attached hydrogens (tertiary/aromatic N) is 1. The molecule has 0 amide bonds. The summed E-state index contributed by atoms with van der Waals surface area (Å²) in [6.07, 6.45) is 2.07. The molecule has 0 rings (SSSR count). The molecular weight excluding hydrogens is 266 g/mol. The first-order chi connectivity index (χ1) is 6.25. The van der Waals surface area contributed by atoms with Gasteiger partial charge >= 0.3 is 10.3 Å². The van der Waals surface area contributed by atoms with Crippen LogP contribution in [-0.2, 0) is 20.3 Å². The van der Waals surface area contributed by atoms with Gasteiger partial charge in [-0.2, -0.15) is 8.42 Å². The van der Waals surface area contributed by atoms with Crippen LogP contribution in [0.4, 0.5) is 0 Å². The Morgan fingerprint density at radius 2 is 1.60 bits per heavy atom. The highest BCUT2D eigenvalue weighted by molar-refractivity contribution is 8.01. The Hall–Kier alpha value is -0.410. The van der Waals surface area contributed by atoms with Gasteiger partial charge in [-0.05, 0) is 0 Å². The Labute approximate surface area is 95.6 Å².